The Kier molecular flexibility index (Phi) is 59.5. The predicted octanol–water partition coefficient (Wildman–Crippen LogP) is 21.2. The first-order chi connectivity index (χ1) is 39.0. The van der Waals surface area contributed by atoms with Crippen LogP contribution in [0.5, 0.6) is 0 Å². The van der Waals surface area contributed by atoms with Crippen LogP contribution in [0.4, 0.5) is 0 Å². The van der Waals surface area contributed by atoms with Gasteiger partial charge in [-0.2, -0.15) is 0 Å². The number of nitrogens with zero attached hydrogens (tertiary/aromatic N) is 1. The summed E-state index contributed by atoms with van der Waals surface area (Å²) in [6, 6.07) is 0. The van der Waals surface area contributed by atoms with Crippen molar-refractivity contribution in [2.45, 2.75) is 328 Å². The van der Waals surface area contributed by atoms with Crippen molar-refractivity contribution >= 4 is 19.8 Å². The lowest BCUT2D eigenvalue weighted by Crippen LogP contribution is -2.37. The Bertz CT molecular complexity index is 1530. The second kappa shape index (κ2) is 61.3. The summed E-state index contributed by atoms with van der Waals surface area (Å²) in [6.07, 6.45) is 80.4. The van der Waals surface area contributed by atoms with Gasteiger partial charge >= 0.3 is 11.9 Å². The van der Waals surface area contributed by atoms with Gasteiger partial charge in [-0.3, -0.25) is 14.2 Å². The van der Waals surface area contributed by atoms with E-state index >= 15 is 0 Å². The number of phosphoric ester groups is 1. The van der Waals surface area contributed by atoms with E-state index in [9.17, 15) is 19.0 Å². The van der Waals surface area contributed by atoms with Crippen molar-refractivity contribution < 1.29 is 42.1 Å². The Morgan fingerprint density at radius 1 is 0.400 bits per heavy atom. The van der Waals surface area contributed by atoms with E-state index in [4.69, 9.17) is 18.5 Å². The van der Waals surface area contributed by atoms with E-state index in [0.29, 0.717) is 17.4 Å². The lowest BCUT2D eigenvalue weighted by molar-refractivity contribution is -0.870. The van der Waals surface area contributed by atoms with Crippen LogP contribution in [0.15, 0.2) is 60.8 Å². The van der Waals surface area contributed by atoms with Gasteiger partial charge in [0, 0.05) is 12.8 Å². The first-order valence-electron chi connectivity index (χ1n) is 34.0. The van der Waals surface area contributed by atoms with Crippen LogP contribution >= 0.6 is 7.82 Å². The van der Waals surface area contributed by atoms with Gasteiger partial charge in [-0.05, 0) is 57.8 Å². The van der Waals surface area contributed by atoms with Crippen LogP contribution in [0.1, 0.15) is 322 Å². The molecule has 80 heavy (non-hydrogen) atoms. The third-order valence-electron chi connectivity index (χ3n) is 15.1. The minimum Gasteiger partial charge on any atom is -0.756 e. The molecule has 10 heteroatoms. The number of hydrogen-bond acceptors (Lipinski definition) is 8. The van der Waals surface area contributed by atoms with Gasteiger partial charge in [-0.15, -0.1) is 0 Å². The Morgan fingerprint density at radius 3 is 1.06 bits per heavy atom. The molecule has 0 aromatic carbocycles. The van der Waals surface area contributed by atoms with E-state index in [1.54, 1.807) is 0 Å². The van der Waals surface area contributed by atoms with Gasteiger partial charge in [0.2, 0.25) is 0 Å². The number of esters is 2. The van der Waals surface area contributed by atoms with Crippen molar-refractivity contribution in [3.05, 3.63) is 60.8 Å². The summed E-state index contributed by atoms with van der Waals surface area (Å²) in [6.45, 7) is 4.13. The molecule has 0 aromatic rings. The van der Waals surface area contributed by atoms with E-state index in [0.717, 1.165) is 70.6 Å². The molecule has 0 aliphatic carbocycles. The van der Waals surface area contributed by atoms with Gasteiger partial charge in [-0.1, -0.05) is 312 Å². The maximum atomic E-state index is 12.8. The molecular formula is C70H130NO8P. The van der Waals surface area contributed by atoms with Gasteiger partial charge in [0.05, 0.1) is 27.7 Å². The lowest BCUT2D eigenvalue weighted by atomic mass is 10.0. The first kappa shape index (κ1) is 77.7. The second-order valence-corrected chi connectivity index (χ2v) is 25.6. The van der Waals surface area contributed by atoms with Gasteiger partial charge in [0.15, 0.2) is 6.10 Å². The molecular weight excluding hydrogens is 1010 g/mol. The topological polar surface area (TPSA) is 111 Å². The number of carbonyl (C=O) groups excluding carboxylic acids is 2. The van der Waals surface area contributed by atoms with Crippen LogP contribution in [0, 0.1) is 0 Å². The number of allylic oxidation sites excluding steroid dienone is 10. The monoisotopic (exact) mass is 1140 g/mol. The Hall–Kier alpha value is -2.29. The Morgan fingerprint density at radius 2 is 0.713 bits per heavy atom. The third kappa shape index (κ3) is 64.9. The fraction of sp³-hybridized carbons (Fsp3) is 0.829. The zero-order valence-corrected chi connectivity index (χ0v) is 54.2. The smallest absolute Gasteiger partial charge is 0.306 e. The normalized spacial score (nSPS) is 13.5. The minimum atomic E-state index is -4.65. The zero-order chi connectivity index (χ0) is 58.4. The molecule has 0 amide bonds. The maximum Gasteiger partial charge on any atom is 0.306 e. The quantitative estimate of drug-likeness (QED) is 0.0195. The second-order valence-electron chi connectivity index (χ2n) is 24.2. The molecule has 9 nitrogen and oxygen atoms in total. The average molecular weight is 1140 g/mol. The van der Waals surface area contributed by atoms with Crippen molar-refractivity contribution in [1.29, 1.82) is 0 Å². The average Bonchev–Trinajstić information content (AvgIpc) is 3.42. The van der Waals surface area contributed by atoms with Crippen LogP contribution < -0.4 is 4.89 Å². The van der Waals surface area contributed by atoms with E-state index in [1.165, 1.54) is 218 Å². The van der Waals surface area contributed by atoms with E-state index < -0.39 is 26.5 Å². The van der Waals surface area contributed by atoms with Crippen molar-refractivity contribution in [2.24, 2.45) is 0 Å². The van der Waals surface area contributed by atoms with Crippen molar-refractivity contribution in [1.82, 2.24) is 0 Å². The van der Waals surface area contributed by atoms with E-state index in [2.05, 4.69) is 74.6 Å². The molecule has 0 rings (SSSR count). The molecule has 0 saturated carbocycles. The van der Waals surface area contributed by atoms with Gasteiger partial charge in [0.25, 0.3) is 7.82 Å². The number of phosphoric acid groups is 1. The molecule has 0 bridgehead atoms. The summed E-state index contributed by atoms with van der Waals surface area (Å²) < 4.78 is 34.2. The standard InChI is InChI=1S/C70H130NO8P/c1-6-8-10-12-14-16-18-20-22-24-26-27-28-29-30-31-32-33-34-35-36-37-38-39-40-41-42-43-45-46-48-50-52-54-56-58-60-62-69(72)76-66-68(67-78-80(74,75)77-65-64-71(3,4)5)79-70(73)63-61-59-57-55-53-51-49-47-44-25-23-21-19-17-15-13-11-9-7-2/h9,11,15,17,21,23,44,47,51,53,68H,6-8,10,12-14,16,18-20,22,24-43,45-46,48-50,52,54-67H2,1-5H3/b11-9-,17-15-,23-21-,47-44-,53-51-. The fourth-order valence-electron chi connectivity index (χ4n) is 9.86. The molecule has 0 aliphatic rings. The first-order valence-corrected chi connectivity index (χ1v) is 35.5. The van der Waals surface area contributed by atoms with Crippen LogP contribution in [0.3, 0.4) is 0 Å². The molecule has 0 spiro atoms. The molecule has 0 aromatic heterocycles. The molecule has 2 unspecified atom stereocenters. The number of likely N-dealkylation sites (N-methyl/N-ethyl adjacent to an activating group) is 1. The molecule has 0 radical (unpaired) electrons. The SMILES string of the molecule is CC/C=C\C/C=C\C/C=C\C/C=C\C/C=C\CCCCCC(=O)OC(COC(=O)CCCCCCCCCCCCCCCCCCCCCCCCCCCCCCCCCCCCCCC)COP(=O)([O-])OCC[N+](C)(C)C. The highest BCUT2D eigenvalue weighted by Crippen LogP contribution is 2.38. The summed E-state index contributed by atoms with van der Waals surface area (Å²) in [5.74, 6) is -0.861. The number of unbranched alkanes of at least 4 members (excludes halogenated alkanes) is 39. The molecule has 0 saturated heterocycles. The van der Waals surface area contributed by atoms with E-state index in [1.807, 2.05) is 21.1 Å². The fourth-order valence-corrected chi connectivity index (χ4v) is 10.6. The number of hydrogen-bond donors (Lipinski definition) is 0. The summed E-state index contributed by atoms with van der Waals surface area (Å²) in [7, 11) is 1.15. The Balaban J connectivity index is 3.95. The molecule has 468 valence electrons. The van der Waals surface area contributed by atoms with Crippen LogP contribution in [0.25, 0.3) is 0 Å². The number of ether oxygens (including phenoxy) is 2. The molecule has 0 fully saturated rings. The van der Waals surface area contributed by atoms with Crippen LogP contribution in [-0.4, -0.2) is 70.0 Å². The summed E-state index contributed by atoms with van der Waals surface area (Å²) in [5.41, 5.74) is 0. The third-order valence-corrected chi connectivity index (χ3v) is 16.0. The van der Waals surface area contributed by atoms with Gasteiger partial charge in [0.1, 0.15) is 19.8 Å². The highest BCUT2D eigenvalue weighted by atomic mass is 31.2. The summed E-state index contributed by atoms with van der Waals surface area (Å²) in [4.78, 5) is 37.9. The van der Waals surface area contributed by atoms with E-state index in [-0.39, 0.29) is 32.0 Å². The number of rotatable bonds is 63. The van der Waals surface area contributed by atoms with Gasteiger partial charge < -0.3 is 27.9 Å². The molecule has 0 heterocycles. The van der Waals surface area contributed by atoms with Crippen LogP contribution in [0.2, 0.25) is 0 Å². The predicted molar refractivity (Wildman–Crippen MR) is 342 cm³/mol. The minimum absolute atomic E-state index is 0.0386. The van der Waals surface area contributed by atoms with Crippen molar-refractivity contribution in [3.63, 3.8) is 0 Å². The number of quaternary nitrogens is 1. The van der Waals surface area contributed by atoms with Gasteiger partial charge in [-0.25, -0.2) is 0 Å². The molecule has 0 N–H and O–H groups in total. The van der Waals surface area contributed by atoms with Crippen LogP contribution in [-0.2, 0) is 32.7 Å². The summed E-state index contributed by atoms with van der Waals surface area (Å²) in [5, 5.41) is 0. The maximum absolute atomic E-state index is 12.8. The Labute approximate surface area is 496 Å². The summed E-state index contributed by atoms with van der Waals surface area (Å²) >= 11 is 0. The molecule has 2 atom stereocenters. The zero-order valence-electron chi connectivity index (χ0n) is 53.3. The largest absolute Gasteiger partial charge is 0.756 e. The highest BCUT2D eigenvalue weighted by molar-refractivity contribution is 7.45. The van der Waals surface area contributed by atoms with Crippen molar-refractivity contribution in [3.8, 4) is 0 Å². The molecule has 0 aliphatic heterocycles. The lowest BCUT2D eigenvalue weighted by Gasteiger charge is -2.28. The number of carbonyl (C=O) groups is 2. The highest BCUT2D eigenvalue weighted by Gasteiger charge is 2.22. The van der Waals surface area contributed by atoms with Crippen molar-refractivity contribution in [2.75, 3.05) is 47.5 Å².